The fourth-order valence-electron chi connectivity index (χ4n) is 4.49. The van der Waals surface area contributed by atoms with Crippen LogP contribution in [0.25, 0.3) is 11.3 Å². The normalized spacial score (nSPS) is 17.6. The Hall–Kier alpha value is -3.35. The van der Waals surface area contributed by atoms with Gasteiger partial charge in [0.05, 0.1) is 10.6 Å². The fraction of sp³-hybridized carbons (Fsp3) is 0.103. The van der Waals surface area contributed by atoms with E-state index in [1.165, 1.54) is 5.56 Å². The van der Waals surface area contributed by atoms with Crippen molar-refractivity contribution in [3.8, 4) is 0 Å². The van der Waals surface area contributed by atoms with Gasteiger partial charge >= 0.3 is 7.37 Å². The summed E-state index contributed by atoms with van der Waals surface area (Å²) in [5.41, 5.74) is 6.18. The summed E-state index contributed by atoms with van der Waals surface area (Å²) in [6, 6.07) is 34.3. The minimum Gasteiger partial charge on any atom is -0.436 e. The first-order valence-corrected chi connectivity index (χ1v) is 12.6. The molecular formula is C29H25O2P. The molecule has 1 atom stereocenters. The van der Waals surface area contributed by atoms with E-state index in [-0.39, 0.29) is 0 Å². The summed E-state index contributed by atoms with van der Waals surface area (Å²) in [7, 11) is -3.37. The number of fused-ring (bicyclic) bond motifs is 1. The largest absolute Gasteiger partial charge is 0.436 e. The molecule has 1 heterocycles. The van der Waals surface area contributed by atoms with Crippen molar-refractivity contribution >= 4 is 29.3 Å². The minimum absolute atomic E-state index is 0.678. The number of aryl methyl sites for hydroxylation is 2. The molecule has 2 nitrogen and oxygen atoms in total. The zero-order valence-corrected chi connectivity index (χ0v) is 19.2. The Morgan fingerprint density at radius 1 is 0.688 bits per heavy atom. The molecule has 0 spiro atoms. The van der Waals surface area contributed by atoms with E-state index in [0.29, 0.717) is 5.76 Å². The van der Waals surface area contributed by atoms with E-state index in [1.54, 1.807) is 0 Å². The number of hydrogen-bond donors (Lipinski definition) is 0. The summed E-state index contributed by atoms with van der Waals surface area (Å²) in [4.78, 5) is 0. The lowest BCUT2D eigenvalue weighted by Crippen LogP contribution is -2.27. The van der Waals surface area contributed by atoms with Gasteiger partial charge < -0.3 is 4.52 Å². The molecule has 0 aromatic heterocycles. The third-order valence-corrected chi connectivity index (χ3v) is 8.64. The molecule has 0 N–H and O–H groups in total. The lowest BCUT2D eigenvalue weighted by Gasteiger charge is -2.33. The second-order valence-corrected chi connectivity index (χ2v) is 10.3. The van der Waals surface area contributed by atoms with E-state index in [4.69, 9.17) is 4.52 Å². The highest BCUT2D eigenvalue weighted by molar-refractivity contribution is 7.75. The van der Waals surface area contributed by atoms with Gasteiger partial charge in [0, 0.05) is 16.7 Å². The van der Waals surface area contributed by atoms with Crippen molar-refractivity contribution in [3.63, 3.8) is 0 Å². The van der Waals surface area contributed by atoms with Gasteiger partial charge in [0.2, 0.25) is 0 Å². The Balaban J connectivity index is 1.92. The standard InChI is InChI=1S/C29H25O2P/c1-3-22-18-12-20-26-27(22)28(23-14-6-4-7-15-23)29(24-16-8-5-9-17-24)31-32(26,30)25-19-11-10-13-21(25)2/h4-20H,3H2,1-2H3. The van der Waals surface area contributed by atoms with Crippen LogP contribution in [0.2, 0.25) is 0 Å². The Kier molecular flexibility index (Phi) is 5.33. The Morgan fingerprint density at radius 2 is 1.28 bits per heavy atom. The molecule has 3 heteroatoms. The van der Waals surface area contributed by atoms with Crippen molar-refractivity contribution in [1.29, 1.82) is 0 Å². The van der Waals surface area contributed by atoms with Crippen LogP contribution in [0, 0.1) is 6.92 Å². The van der Waals surface area contributed by atoms with Crippen molar-refractivity contribution < 1.29 is 9.09 Å². The quantitative estimate of drug-likeness (QED) is 0.332. The molecule has 0 fully saturated rings. The number of hydrogen-bond acceptors (Lipinski definition) is 2. The molecule has 0 saturated carbocycles. The zero-order valence-electron chi connectivity index (χ0n) is 18.3. The van der Waals surface area contributed by atoms with Gasteiger partial charge in [-0.15, -0.1) is 0 Å². The molecule has 1 aliphatic rings. The van der Waals surface area contributed by atoms with Crippen LogP contribution in [0.15, 0.2) is 103 Å². The number of benzene rings is 4. The molecule has 5 rings (SSSR count). The molecule has 0 aliphatic carbocycles. The molecule has 0 saturated heterocycles. The third-order valence-electron chi connectivity index (χ3n) is 6.05. The third kappa shape index (κ3) is 3.32. The first-order chi connectivity index (χ1) is 15.6. The molecule has 0 bridgehead atoms. The van der Waals surface area contributed by atoms with Crippen molar-refractivity contribution in [2.45, 2.75) is 20.3 Å². The summed E-state index contributed by atoms with van der Waals surface area (Å²) >= 11 is 0. The van der Waals surface area contributed by atoms with Crippen LogP contribution in [0.3, 0.4) is 0 Å². The maximum absolute atomic E-state index is 14.9. The van der Waals surface area contributed by atoms with E-state index in [2.05, 4.69) is 25.1 Å². The predicted octanol–water partition coefficient (Wildman–Crippen LogP) is 6.73. The van der Waals surface area contributed by atoms with E-state index in [9.17, 15) is 4.57 Å². The second-order valence-electron chi connectivity index (χ2n) is 8.03. The lowest BCUT2D eigenvalue weighted by atomic mass is 9.90. The van der Waals surface area contributed by atoms with Crippen LogP contribution in [0.5, 0.6) is 0 Å². The first-order valence-electron chi connectivity index (χ1n) is 11.0. The van der Waals surface area contributed by atoms with Crippen LogP contribution in [-0.2, 0) is 15.5 Å². The van der Waals surface area contributed by atoms with E-state index < -0.39 is 7.37 Å². The molecule has 4 aromatic rings. The average molecular weight is 436 g/mol. The Morgan fingerprint density at radius 3 is 1.94 bits per heavy atom. The van der Waals surface area contributed by atoms with Gasteiger partial charge in [-0.05, 0) is 42.2 Å². The summed E-state index contributed by atoms with van der Waals surface area (Å²) in [6.07, 6.45) is 0.843. The van der Waals surface area contributed by atoms with Crippen molar-refractivity contribution in [1.82, 2.24) is 0 Å². The SMILES string of the molecule is CCc1cccc2c1C(c1ccccc1)=C(c1ccccc1)OP2(=O)c1ccccc1C. The van der Waals surface area contributed by atoms with Gasteiger partial charge in [-0.1, -0.05) is 97.9 Å². The van der Waals surface area contributed by atoms with Gasteiger partial charge in [0.15, 0.2) is 0 Å². The zero-order chi connectivity index (χ0) is 22.1. The van der Waals surface area contributed by atoms with Gasteiger partial charge in [0.1, 0.15) is 5.76 Å². The lowest BCUT2D eigenvalue weighted by molar-refractivity contribution is 0.479. The molecule has 0 amide bonds. The molecule has 1 unspecified atom stereocenters. The van der Waals surface area contributed by atoms with Gasteiger partial charge in [-0.2, -0.15) is 0 Å². The van der Waals surface area contributed by atoms with Crippen LogP contribution < -0.4 is 10.6 Å². The topological polar surface area (TPSA) is 26.3 Å². The summed E-state index contributed by atoms with van der Waals surface area (Å²) < 4.78 is 21.5. The molecule has 1 aliphatic heterocycles. The van der Waals surface area contributed by atoms with E-state index in [0.717, 1.165) is 44.9 Å². The van der Waals surface area contributed by atoms with E-state index >= 15 is 0 Å². The Bertz CT molecular complexity index is 1350. The molecule has 4 aromatic carbocycles. The highest BCUT2D eigenvalue weighted by atomic mass is 31.2. The first kappa shape index (κ1) is 20.5. The highest BCUT2D eigenvalue weighted by Gasteiger charge is 2.41. The maximum atomic E-state index is 14.9. The number of rotatable bonds is 4. The summed E-state index contributed by atoms with van der Waals surface area (Å²) in [5, 5.41) is 1.54. The van der Waals surface area contributed by atoms with Gasteiger partial charge in [-0.25, -0.2) is 0 Å². The van der Waals surface area contributed by atoms with Crippen LogP contribution in [0.4, 0.5) is 0 Å². The molecule has 0 radical (unpaired) electrons. The monoisotopic (exact) mass is 436 g/mol. The van der Waals surface area contributed by atoms with Crippen molar-refractivity contribution in [2.24, 2.45) is 0 Å². The van der Waals surface area contributed by atoms with Crippen LogP contribution in [0.1, 0.15) is 34.7 Å². The van der Waals surface area contributed by atoms with E-state index in [1.807, 2.05) is 91.9 Å². The Labute approximate surface area is 189 Å². The minimum atomic E-state index is -3.37. The average Bonchev–Trinajstić information content (AvgIpc) is 2.85. The second kappa shape index (κ2) is 8.30. The molecule has 32 heavy (non-hydrogen) atoms. The van der Waals surface area contributed by atoms with Crippen molar-refractivity contribution in [2.75, 3.05) is 0 Å². The summed E-state index contributed by atoms with van der Waals surface area (Å²) in [5.74, 6) is 0.678. The van der Waals surface area contributed by atoms with Gasteiger partial charge in [0.25, 0.3) is 0 Å². The summed E-state index contributed by atoms with van der Waals surface area (Å²) in [6.45, 7) is 4.15. The predicted molar refractivity (Wildman–Crippen MR) is 134 cm³/mol. The van der Waals surface area contributed by atoms with Crippen LogP contribution >= 0.6 is 7.37 Å². The fourth-order valence-corrected chi connectivity index (χ4v) is 7.05. The smallest absolute Gasteiger partial charge is 0.307 e. The van der Waals surface area contributed by atoms with Crippen molar-refractivity contribution in [3.05, 3.63) is 131 Å². The molecular weight excluding hydrogens is 411 g/mol. The van der Waals surface area contributed by atoms with Gasteiger partial charge in [-0.3, -0.25) is 4.57 Å². The maximum Gasteiger partial charge on any atom is 0.307 e. The highest BCUT2D eigenvalue weighted by Crippen LogP contribution is 2.57. The molecule has 158 valence electrons. The van der Waals surface area contributed by atoms with Crippen LogP contribution in [-0.4, -0.2) is 0 Å².